The van der Waals surface area contributed by atoms with E-state index in [9.17, 15) is 9.59 Å². The van der Waals surface area contributed by atoms with Crippen LogP contribution in [0.4, 0.5) is 0 Å². The molecule has 100 valence electrons. The van der Waals surface area contributed by atoms with Crippen LogP contribution >= 0.6 is 0 Å². The molecule has 6 nitrogen and oxygen atoms in total. The van der Waals surface area contributed by atoms with E-state index in [1.165, 1.54) is 5.48 Å². The van der Waals surface area contributed by atoms with Crippen molar-refractivity contribution >= 4 is 11.8 Å². The van der Waals surface area contributed by atoms with Gasteiger partial charge in [0.15, 0.2) is 0 Å². The quantitative estimate of drug-likeness (QED) is 0.337. The van der Waals surface area contributed by atoms with Crippen LogP contribution in [0.2, 0.25) is 0 Å². The van der Waals surface area contributed by atoms with E-state index in [4.69, 9.17) is 10.9 Å². The predicted molar refractivity (Wildman–Crippen MR) is 69.2 cm³/mol. The predicted octanol–water partition coefficient (Wildman–Crippen LogP) is -0.379. The maximum absolute atomic E-state index is 11.8. The molecule has 6 heteroatoms. The summed E-state index contributed by atoms with van der Waals surface area (Å²) in [5, 5.41) is 10.9. The van der Waals surface area contributed by atoms with Crippen LogP contribution < -0.4 is 16.5 Å². The molecule has 1 unspecified atom stereocenters. The number of nitrogens with one attached hydrogen (secondary N) is 2. The molecule has 1 aromatic rings. The van der Waals surface area contributed by atoms with Crippen LogP contribution in [0.15, 0.2) is 24.3 Å². The molecule has 1 aromatic carbocycles. The number of nitrogens with two attached hydrogens (primary N) is 1. The van der Waals surface area contributed by atoms with Gasteiger partial charge in [0.2, 0.25) is 0 Å². The van der Waals surface area contributed by atoms with Crippen molar-refractivity contribution in [2.24, 2.45) is 5.73 Å². The second-order valence-corrected chi connectivity index (χ2v) is 3.69. The molecule has 19 heavy (non-hydrogen) atoms. The van der Waals surface area contributed by atoms with Gasteiger partial charge >= 0.3 is 0 Å². The standard InChI is InChI=1S/C13H15N3O3/c1-2-3-9-4-6-10(7-5-9)12(17)15-11(8-14)13(18)16-19/h4-7,11,19H,8,14H2,1H3,(H,15,17)(H,16,18). The van der Waals surface area contributed by atoms with Crippen molar-refractivity contribution < 1.29 is 14.8 Å². The molecular weight excluding hydrogens is 246 g/mol. The molecule has 2 amide bonds. The first kappa shape index (κ1) is 14.7. The van der Waals surface area contributed by atoms with Gasteiger partial charge < -0.3 is 11.1 Å². The lowest BCUT2D eigenvalue weighted by atomic mass is 10.1. The average molecular weight is 261 g/mol. The Morgan fingerprint density at radius 2 is 2.00 bits per heavy atom. The summed E-state index contributed by atoms with van der Waals surface area (Å²) in [7, 11) is 0. The van der Waals surface area contributed by atoms with Crippen molar-refractivity contribution in [3.63, 3.8) is 0 Å². The summed E-state index contributed by atoms with van der Waals surface area (Å²) in [6.07, 6.45) is 0. The SMILES string of the molecule is CC#Cc1ccc(C(=O)NC(CN)C(=O)NO)cc1. The zero-order valence-electron chi connectivity index (χ0n) is 10.4. The smallest absolute Gasteiger partial charge is 0.267 e. The molecule has 0 fully saturated rings. The first-order valence-electron chi connectivity index (χ1n) is 5.60. The Labute approximate surface area is 110 Å². The highest BCUT2D eigenvalue weighted by Gasteiger charge is 2.19. The maximum Gasteiger partial charge on any atom is 0.267 e. The Kier molecular flexibility index (Phi) is 5.54. The number of hydrogen-bond donors (Lipinski definition) is 4. The molecule has 1 rings (SSSR count). The second-order valence-electron chi connectivity index (χ2n) is 3.69. The number of rotatable bonds is 4. The third-order valence-electron chi connectivity index (χ3n) is 2.38. The van der Waals surface area contributed by atoms with E-state index in [1.54, 1.807) is 31.2 Å². The summed E-state index contributed by atoms with van der Waals surface area (Å²) < 4.78 is 0. The van der Waals surface area contributed by atoms with E-state index in [-0.39, 0.29) is 6.54 Å². The van der Waals surface area contributed by atoms with Gasteiger partial charge in [0.25, 0.3) is 11.8 Å². The lowest BCUT2D eigenvalue weighted by Gasteiger charge is -2.14. The Morgan fingerprint density at radius 1 is 1.37 bits per heavy atom. The molecular formula is C13H15N3O3. The number of carbonyl (C=O) groups excluding carboxylic acids is 2. The zero-order valence-corrected chi connectivity index (χ0v) is 10.4. The molecule has 0 aliphatic carbocycles. The van der Waals surface area contributed by atoms with E-state index < -0.39 is 17.9 Å². The van der Waals surface area contributed by atoms with Gasteiger partial charge in [-0.25, -0.2) is 5.48 Å². The van der Waals surface area contributed by atoms with Crippen molar-refractivity contribution in [2.75, 3.05) is 6.54 Å². The van der Waals surface area contributed by atoms with Crippen LogP contribution in [-0.4, -0.2) is 29.6 Å². The molecule has 0 heterocycles. The number of benzene rings is 1. The molecule has 5 N–H and O–H groups in total. The minimum Gasteiger partial charge on any atom is -0.339 e. The molecule has 0 bridgehead atoms. The fourth-order valence-corrected chi connectivity index (χ4v) is 1.40. The van der Waals surface area contributed by atoms with E-state index in [0.717, 1.165) is 5.56 Å². The Morgan fingerprint density at radius 3 is 2.47 bits per heavy atom. The molecule has 0 spiro atoms. The third kappa shape index (κ3) is 4.10. The van der Waals surface area contributed by atoms with Gasteiger partial charge in [-0.1, -0.05) is 5.92 Å². The van der Waals surface area contributed by atoms with E-state index >= 15 is 0 Å². The van der Waals surface area contributed by atoms with Crippen molar-refractivity contribution in [1.82, 2.24) is 10.8 Å². The van der Waals surface area contributed by atoms with E-state index in [0.29, 0.717) is 5.56 Å². The van der Waals surface area contributed by atoms with Crippen LogP contribution in [0.3, 0.4) is 0 Å². The van der Waals surface area contributed by atoms with Gasteiger partial charge in [-0.05, 0) is 31.2 Å². The molecule has 0 saturated heterocycles. The van der Waals surface area contributed by atoms with E-state index in [2.05, 4.69) is 17.2 Å². The number of carbonyl (C=O) groups is 2. The van der Waals surface area contributed by atoms with Crippen molar-refractivity contribution in [3.8, 4) is 11.8 Å². The Hall–Kier alpha value is -2.36. The van der Waals surface area contributed by atoms with Crippen molar-refractivity contribution in [2.45, 2.75) is 13.0 Å². The Bertz CT molecular complexity index is 514. The van der Waals surface area contributed by atoms with Gasteiger partial charge in [-0.2, -0.15) is 0 Å². The summed E-state index contributed by atoms with van der Waals surface area (Å²) in [5.74, 6) is 4.39. The van der Waals surface area contributed by atoms with Crippen LogP contribution in [-0.2, 0) is 4.79 Å². The highest BCUT2D eigenvalue weighted by atomic mass is 16.5. The van der Waals surface area contributed by atoms with Crippen LogP contribution in [0, 0.1) is 11.8 Å². The number of hydrogen-bond acceptors (Lipinski definition) is 4. The lowest BCUT2D eigenvalue weighted by Crippen LogP contribution is -2.50. The molecule has 0 aliphatic rings. The van der Waals surface area contributed by atoms with Crippen LogP contribution in [0.25, 0.3) is 0 Å². The fourth-order valence-electron chi connectivity index (χ4n) is 1.40. The largest absolute Gasteiger partial charge is 0.339 e. The maximum atomic E-state index is 11.8. The van der Waals surface area contributed by atoms with Gasteiger partial charge in [0.1, 0.15) is 6.04 Å². The third-order valence-corrected chi connectivity index (χ3v) is 2.38. The summed E-state index contributed by atoms with van der Waals surface area (Å²) in [5.41, 5.74) is 7.96. The van der Waals surface area contributed by atoms with Gasteiger partial charge in [-0.15, -0.1) is 5.92 Å². The summed E-state index contributed by atoms with van der Waals surface area (Å²) in [6, 6.07) is 5.62. The Balaban J connectivity index is 2.76. The average Bonchev–Trinajstić information content (AvgIpc) is 2.44. The monoisotopic (exact) mass is 261 g/mol. The summed E-state index contributed by atoms with van der Waals surface area (Å²) in [6.45, 7) is 1.61. The van der Waals surface area contributed by atoms with Gasteiger partial charge in [0.05, 0.1) is 0 Å². The van der Waals surface area contributed by atoms with E-state index in [1.807, 2.05) is 0 Å². The highest BCUT2D eigenvalue weighted by molar-refractivity contribution is 5.97. The fraction of sp³-hybridized carbons (Fsp3) is 0.231. The van der Waals surface area contributed by atoms with Crippen LogP contribution in [0.1, 0.15) is 22.8 Å². The number of amides is 2. The summed E-state index contributed by atoms with van der Waals surface area (Å²) in [4.78, 5) is 23.0. The number of hydroxylamine groups is 1. The van der Waals surface area contributed by atoms with Crippen molar-refractivity contribution in [1.29, 1.82) is 0 Å². The topological polar surface area (TPSA) is 104 Å². The minimum absolute atomic E-state index is 0.114. The molecule has 1 atom stereocenters. The van der Waals surface area contributed by atoms with Gasteiger partial charge in [0, 0.05) is 17.7 Å². The summed E-state index contributed by atoms with van der Waals surface area (Å²) >= 11 is 0. The molecule has 0 aromatic heterocycles. The first-order valence-corrected chi connectivity index (χ1v) is 5.60. The zero-order chi connectivity index (χ0) is 14.3. The molecule has 0 saturated carbocycles. The van der Waals surface area contributed by atoms with Crippen molar-refractivity contribution in [3.05, 3.63) is 35.4 Å². The second kappa shape index (κ2) is 7.16. The molecule has 0 radical (unpaired) electrons. The van der Waals surface area contributed by atoms with Crippen LogP contribution in [0.5, 0.6) is 0 Å². The highest BCUT2D eigenvalue weighted by Crippen LogP contribution is 2.03. The lowest BCUT2D eigenvalue weighted by molar-refractivity contribution is -0.130. The minimum atomic E-state index is -0.979. The molecule has 0 aliphatic heterocycles. The van der Waals surface area contributed by atoms with Gasteiger partial charge in [-0.3, -0.25) is 14.8 Å². The first-order chi connectivity index (χ1) is 9.12. The normalized spacial score (nSPS) is 10.9.